The van der Waals surface area contributed by atoms with Crippen LogP contribution in [-0.4, -0.2) is 25.3 Å². The van der Waals surface area contributed by atoms with Crippen LogP contribution >= 0.6 is 0 Å². The fraction of sp³-hybridized carbons (Fsp3) is 0.364. The fourth-order valence-corrected chi connectivity index (χ4v) is 1.44. The van der Waals surface area contributed by atoms with E-state index in [1.165, 1.54) is 0 Å². The van der Waals surface area contributed by atoms with E-state index < -0.39 is 0 Å². The van der Waals surface area contributed by atoms with Crippen molar-refractivity contribution in [2.24, 2.45) is 0 Å². The average Bonchev–Trinajstić information content (AvgIpc) is 2.72. The number of benzene rings is 1. The Kier molecular flexibility index (Phi) is 2.91. The van der Waals surface area contributed by atoms with E-state index in [1.54, 1.807) is 0 Å². The van der Waals surface area contributed by atoms with Gasteiger partial charge in [0.2, 0.25) is 0 Å². The molecule has 74 valence electrons. The molecule has 1 saturated heterocycles. The maximum atomic E-state index is 11.7. The number of Topliss-reactive ketones (excluding diaryl/α,β-unsaturated/α-hetero) is 1. The maximum absolute atomic E-state index is 11.7. The first-order valence-electron chi connectivity index (χ1n) is 4.64. The summed E-state index contributed by atoms with van der Waals surface area (Å²) >= 11 is 0. The van der Waals surface area contributed by atoms with Crippen LogP contribution in [0, 0.1) is 0 Å². The molecule has 1 aromatic carbocycles. The molecule has 1 aliphatic heterocycles. The molecule has 1 heterocycles. The zero-order valence-corrected chi connectivity index (χ0v) is 7.81. The van der Waals surface area contributed by atoms with Crippen molar-refractivity contribution in [3.05, 3.63) is 35.9 Å². The first kappa shape index (κ1) is 9.37. The molecule has 1 aliphatic rings. The summed E-state index contributed by atoms with van der Waals surface area (Å²) < 4.78 is 10.2. The Labute approximate surface area is 82.6 Å². The lowest BCUT2D eigenvalue weighted by Crippen LogP contribution is -2.15. The first-order chi connectivity index (χ1) is 6.86. The smallest absolute Gasteiger partial charge is 0.165 e. The highest BCUT2D eigenvalue weighted by atomic mass is 16.7. The highest BCUT2D eigenvalue weighted by molar-refractivity contribution is 5.96. The Balaban J connectivity index is 1.95. The second-order valence-electron chi connectivity index (χ2n) is 3.27. The number of hydrogen-bond acceptors (Lipinski definition) is 3. The molecule has 1 fully saturated rings. The predicted octanol–water partition coefficient (Wildman–Crippen LogP) is 1.63. The van der Waals surface area contributed by atoms with Gasteiger partial charge in [-0.25, -0.2) is 0 Å². The van der Waals surface area contributed by atoms with Crippen molar-refractivity contribution in [3.8, 4) is 0 Å². The Morgan fingerprint density at radius 1 is 1.36 bits per heavy atom. The van der Waals surface area contributed by atoms with Gasteiger partial charge in [0.1, 0.15) is 6.79 Å². The van der Waals surface area contributed by atoms with Gasteiger partial charge in [0.25, 0.3) is 0 Å². The van der Waals surface area contributed by atoms with Crippen molar-refractivity contribution in [1.29, 1.82) is 0 Å². The van der Waals surface area contributed by atoms with Crippen LogP contribution < -0.4 is 0 Å². The summed E-state index contributed by atoms with van der Waals surface area (Å²) in [5.41, 5.74) is 0.739. The fourth-order valence-electron chi connectivity index (χ4n) is 1.44. The Morgan fingerprint density at radius 3 is 2.79 bits per heavy atom. The Bertz CT molecular complexity index is 302. The van der Waals surface area contributed by atoms with E-state index in [0.29, 0.717) is 19.8 Å². The summed E-state index contributed by atoms with van der Waals surface area (Å²) in [7, 11) is 0. The molecule has 0 aliphatic carbocycles. The number of carbonyl (C=O) groups excluding carboxylic acids is 1. The van der Waals surface area contributed by atoms with Crippen molar-refractivity contribution in [3.63, 3.8) is 0 Å². The van der Waals surface area contributed by atoms with Gasteiger partial charge in [0, 0.05) is 12.0 Å². The SMILES string of the molecule is O=C(C[C@@H]1COCO1)c1ccccc1. The van der Waals surface area contributed by atoms with Gasteiger partial charge in [-0.1, -0.05) is 30.3 Å². The van der Waals surface area contributed by atoms with Crippen LogP contribution in [0.25, 0.3) is 0 Å². The van der Waals surface area contributed by atoms with Gasteiger partial charge in [-0.05, 0) is 0 Å². The van der Waals surface area contributed by atoms with Crippen LogP contribution in [0.1, 0.15) is 16.8 Å². The van der Waals surface area contributed by atoms with Gasteiger partial charge in [0.15, 0.2) is 5.78 Å². The topological polar surface area (TPSA) is 35.5 Å². The normalized spacial score (nSPS) is 21.0. The lowest BCUT2D eigenvalue weighted by Gasteiger charge is -2.05. The number of ketones is 1. The van der Waals surface area contributed by atoms with E-state index in [9.17, 15) is 4.79 Å². The third-order valence-corrected chi connectivity index (χ3v) is 2.20. The van der Waals surface area contributed by atoms with E-state index in [-0.39, 0.29) is 11.9 Å². The number of ether oxygens (including phenoxy) is 2. The second-order valence-corrected chi connectivity index (χ2v) is 3.27. The largest absolute Gasteiger partial charge is 0.353 e. The van der Waals surface area contributed by atoms with Gasteiger partial charge < -0.3 is 9.47 Å². The average molecular weight is 192 g/mol. The van der Waals surface area contributed by atoms with E-state index in [2.05, 4.69) is 0 Å². The van der Waals surface area contributed by atoms with Gasteiger partial charge in [0.05, 0.1) is 12.7 Å². The molecule has 0 amide bonds. The van der Waals surface area contributed by atoms with E-state index in [4.69, 9.17) is 9.47 Å². The summed E-state index contributed by atoms with van der Waals surface area (Å²) in [6.45, 7) is 0.839. The molecule has 0 aromatic heterocycles. The van der Waals surface area contributed by atoms with E-state index in [1.807, 2.05) is 30.3 Å². The third-order valence-electron chi connectivity index (χ3n) is 2.20. The number of carbonyl (C=O) groups is 1. The number of hydrogen-bond donors (Lipinski definition) is 0. The molecule has 1 atom stereocenters. The van der Waals surface area contributed by atoms with Crippen molar-refractivity contribution in [2.75, 3.05) is 13.4 Å². The standard InChI is InChI=1S/C11H12O3/c12-11(6-10-7-13-8-14-10)9-4-2-1-3-5-9/h1-5,10H,6-8H2/t10-/m1/s1. The monoisotopic (exact) mass is 192 g/mol. The zero-order valence-electron chi connectivity index (χ0n) is 7.81. The molecule has 0 unspecified atom stereocenters. The highest BCUT2D eigenvalue weighted by Gasteiger charge is 2.20. The van der Waals surface area contributed by atoms with Crippen LogP contribution in [0.2, 0.25) is 0 Å². The van der Waals surface area contributed by atoms with E-state index >= 15 is 0 Å². The van der Waals surface area contributed by atoms with Crippen molar-refractivity contribution < 1.29 is 14.3 Å². The molecule has 0 radical (unpaired) electrons. The van der Waals surface area contributed by atoms with Gasteiger partial charge >= 0.3 is 0 Å². The molecule has 3 nitrogen and oxygen atoms in total. The third kappa shape index (κ3) is 2.19. The minimum atomic E-state index is -0.0669. The molecular formula is C11H12O3. The lowest BCUT2D eigenvalue weighted by atomic mass is 10.1. The van der Waals surface area contributed by atoms with Crippen LogP contribution in [0.5, 0.6) is 0 Å². The quantitative estimate of drug-likeness (QED) is 0.683. The second kappa shape index (κ2) is 4.35. The minimum absolute atomic E-state index is 0.0669. The molecule has 2 rings (SSSR count). The van der Waals surface area contributed by atoms with Crippen molar-refractivity contribution in [2.45, 2.75) is 12.5 Å². The number of rotatable bonds is 3. The molecule has 14 heavy (non-hydrogen) atoms. The molecule has 0 saturated carbocycles. The molecule has 0 bridgehead atoms. The summed E-state index contributed by atoms with van der Waals surface area (Å²) in [6.07, 6.45) is 0.340. The van der Waals surface area contributed by atoms with Gasteiger partial charge in [-0.2, -0.15) is 0 Å². The predicted molar refractivity (Wildman–Crippen MR) is 51.1 cm³/mol. The summed E-state index contributed by atoms with van der Waals surface area (Å²) in [4.78, 5) is 11.7. The lowest BCUT2D eigenvalue weighted by molar-refractivity contribution is 0.0436. The molecule has 3 heteroatoms. The molecule has 1 aromatic rings. The maximum Gasteiger partial charge on any atom is 0.165 e. The van der Waals surface area contributed by atoms with Crippen LogP contribution in [0.15, 0.2) is 30.3 Å². The first-order valence-corrected chi connectivity index (χ1v) is 4.64. The Hall–Kier alpha value is -1.19. The van der Waals surface area contributed by atoms with Crippen molar-refractivity contribution in [1.82, 2.24) is 0 Å². The van der Waals surface area contributed by atoms with E-state index in [0.717, 1.165) is 5.56 Å². The summed E-state index contributed by atoms with van der Waals surface area (Å²) in [5.74, 6) is 0.112. The molecular weight excluding hydrogens is 180 g/mol. The minimum Gasteiger partial charge on any atom is -0.353 e. The van der Waals surface area contributed by atoms with Gasteiger partial charge in [-0.3, -0.25) is 4.79 Å². The van der Waals surface area contributed by atoms with Crippen LogP contribution in [-0.2, 0) is 9.47 Å². The molecule has 0 spiro atoms. The van der Waals surface area contributed by atoms with Crippen LogP contribution in [0.4, 0.5) is 0 Å². The van der Waals surface area contributed by atoms with Crippen LogP contribution in [0.3, 0.4) is 0 Å². The summed E-state index contributed by atoms with van der Waals surface area (Å²) in [5, 5.41) is 0. The van der Waals surface area contributed by atoms with Crippen molar-refractivity contribution >= 4 is 5.78 Å². The zero-order chi connectivity index (χ0) is 9.80. The highest BCUT2D eigenvalue weighted by Crippen LogP contribution is 2.11. The Morgan fingerprint density at radius 2 is 2.14 bits per heavy atom. The molecule has 0 N–H and O–H groups in total. The summed E-state index contributed by atoms with van der Waals surface area (Å²) in [6, 6.07) is 9.25. The van der Waals surface area contributed by atoms with Gasteiger partial charge in [-0.15, -0.1) is 0 Å².